The van der Waals surface area contributed by atoms with Gasteiger partial charge in [0.25, 0.3) is 0 Å². The molecule has 0 aliphatic carbocycles. The Morgan fingerprint density at radius 3 is 3.00 bits per heavy atom. The summed E-state index contributed by atoms with van der Waals surface area (Å²) in [7, 11) is 1.47. The van der Waals surface area contributed by atoms with Crippen LogP contribution in [0.5, 0.6) is 5.88 Å². The molecule has 1 saturated heterocycles. The van der Waals surface area contributed by atoms with Crippen molar-refractivity contribution in [1.29, 1.82) is 0 Å². The number of anilines is 1. The van der Waals surface area contributed by atoms with Gasteiger partial charge in [0.15, 0.2) is 11.2 Å². The first-order valence-corrected chi connectivity index (χ1v) is 6.12. The second kappa shape index (κ2) is 4.85. The number of hydrogen-bond donors (Lipinski definition) is 3. The fourth-order valence-corrected chi connectivity index (χ4v) is 2.34. The van der Waals surface area contributed by atoms with Crippen LogP contribution < -0.4 is 10.5 Å². The van der Waals surface area contributed by atoms with Crippen molar-refractivity contribution in [2.24, 2.45) is 0 Å². The van der Waals surface area contributed by atoms with Crippen molar-refractivity contribution in [2.75, 3.05) is 19.5 Å². The molecule has 0 spiro atoms. The highest BCUT2D eigenvalue weighted by Gasteiger charge is 2.35. The maximum absolute atomic E-state index is 9.80. The van der Waals surface area contributed by atoms with Crippen LogP contribution in [-0.4, -0.2) is 55.7 Å². The molecule has 0 unspecified atom stereocenters. The van der Waals surface area contributed by atoms with E-state index in [1.54, 1.807) is 4.57 Å². The molecule has 108 valence electrons. The summed E-state index contributed by atoms with van der Waals surface area (Å²) in [6.07, 6.45) is 0.0532. The van der Waals surface area contributed by atoms with Crippen molar-refractivity contribution in [1.82, 2.24) is 19.5 Å². The van der Waals surface area contributed by atoms with E-state index < -0.39 is 18.4 Å². The van der Waals surface area contributed by atoms with Gasteiger partial charge in [-0.1, -0.05) is 0 Å². The van der Waals surface area contributed by atoms with E-state index >= 15 is 0 Å². The number of methoxy groups -OCH3 is 1. The Morgan fingerprint density at radius 1 is 1.55 bits per heavy atom. The number of aliphatic hydroxyl groups is 2. The van der Waals surface area contributed by atoms with Crippen molar-refractivity contribution < 1.29 is 19.7 Å². The van der Waals surface area contributed by atoms with Crippen LogP contribution in [0, 0.1) is 0 Å². The number of nitrogens with two attached hydrogens (primary N) is 1. The summed E-state index contributed by atoms with van der Waals surface area (Å²) in [5, 5.41) is 18.9. The van der Waals surface area contributed by atoms with Crippen LogP contribution in [0.4, 0.5) is 5.95 Å². The molecular weight excluding hydrogens is 266 g/mol. The Kier molecular flexibility index (Phi) is 3.16. The maximum atomic E-state index is 9.80. The molecule has 9 nitrogen and oxygen atoms in total. The first kappa shape index (κ1) is 13.0. The minimum absolute atomic E-state index is 0.0696. The van der Waals surface area contributed by atoms with Crippen LogP contribution >= 0.6 is 0 Å². The van der Waals surface area contributed by atoms with Crippen molar-refractivity contribution in [2.45, 2.75) is 24.9 Å². The summed E-state index contributed by atoms with van der Waals surface area (Å²) >= 11 is 0. The third kappa shape index (κ3) is 1.96. The van der Waals surface area contributed by atoms with Crippen molar-refractivity contribution in [3.05, 3.63) is 6.33 Å². The van der Waals surface area contributed by atoms with Crippen molar-refractivity contribution >= 4 is 17.1 Å². The van der Waals surface area contributed by atoms with Crippen LogP contribution in [0.15, 0.2) is 6.33 Å². The molecule has 2 aromatic rings. The lowest BCUT2D eigenvalue weighted by Crippen LogP contribution is -2.24. The van der Waals surface area contributed by atoms with E-state index in [0.29, 0.717) is 17.6 Å². The molecule has 9 heteroatoms. The number of imidazole rings is 1. The van der Waals surface area contributed by atoms with Gasteiger partial charge in [0.2, 0.25) is 11.8 Å². The number of fused-ring (bicyclic) bond motifs is 1. The molecule has 3 rings (SSSR count). The fourth-order valence-electron chi connectivity index (χ4n) is 2.34. The number of aliphatic hydroxyl groups excluding tert-OH is 2. The summed E-state index contributed by atoms with van der Waals surface area (Å²) in [5.41, 5.74) is 6.50. The van der Waals surface area contributed by atoms with Crippen LogP contribution in [0.1, 0.15) is 12.6 Å². The molecule has 1 fully saturated rings. The largest absolute Gasteiger partial charge is 0.479 e. The monoisotopic (exact) mass is 281 g/mol. The zero-order valence-corrected chi connectivity index (χ0v) is 10.8. The number of nitrogens with zero attached hydrogens (tertiary/aromatic N) is 4. The Morgan fingerprint density at radius 2 is 2.35 bits per heavy atom. The summed E-state index contributed by atoms with van der Waals surface area (Å²) in [6, 6.07) is 0. The predicted octanol–water partition coefficient (Wildman–Crippen LogP) is -0.942. The van der Waals surface area contributed by atoms with Gasteiger partial charge in [-0.05, 0) is 0 Å². The second-order valence-electron chi connectivity index (χ2n) is 4.53. The van der Waals surface area contributed by atoms with E-state index in [4.69, 9.17) is 20.3 Å². The number of nitrogen functional groups attached to an aromatic ring is 1. The van der Waals surface area contributed by atoms with E-state index in [2.05, 4.69) is 15.0 Å². The lowest BCUT2D eigenvalue weighted by molar-refractivity contribution is -0.0431. The number of rotatable bonds is 3. The zero-order valence-electron chi connectivity index (χ0n) is 10.8. The molecule has 0 radical (unpaired) electrons. The van der Waals surface area contributed by atoms with E-state index in [9.17, 15) is 5.11 Å². The van der Waals surface area contributed by atoms with Gasteiger partial charge in [-0.15, -0.1) is 0 Å². The molecule has 0 amide bonds. The Hall–Kier alpha value is -1.97. The summed E-state index contributed by atoms with van der Waals surface area (Å²) in [6.45, 7) is -0.245. The fraction of sp³-hybridized carbons (Fsp3) is 0.545. The van der Waals surface area contributed by atoms with E-state index in [-0.39, 0.29) is 18.4 Å². The molecule has 1 aliphatic heterocycles. The van der Waals surface area contributed by atoms with Crippen LogP contribution in [0.3, 0.4) is 0 Å². The highest BCUT2D eigenvalue weighted by molar-refractivity contribution is 5.77. The number of hydrogen-bond acceptors (Lipinski definition) is 8. The van der Waals surface area contributed by atoms with Gasteiger partial charge < -0.3 is 25.4 Å². The standard InChI is InChI=1S/C11H15N5O4/c1-19-10-8-9(14-11(12)15-10)13-4-16(8)7-2-5(18)6(3-17)20-7/h4-7,17-18H,2-3H2,1H3,(H2,12,14,15)/t5-,6+,7+/m0/s1. The first-order valence-electron chi connectivity index (χ1n) is 6.12. The molecule has 0 aromatic carbocycles. The molecule has 1 aliphatic rings. The lowest BCUT2D eigenvalue weighted by Gasteiger charge is -2.14. The van der Waals surface area contributed by atoms with Crippen LogP contribution in [0.25, 0.3) is 11.2 Å². The van der Waals surface area contributed by atoms with Gasteiger partial charge in [0.05, 0.1) is 26.1 Å². The number of aromatic nitrogens is 4. The van der Waals surface area contributed by atoms with Crippen LogP contribution in [0.2, 0.25) is 0 Å². The van der Waals surface area contributed by atoms with Gasteiger partial charge in [-0.25, -0.2) is 4.98 Å². The van der Waals surface area contributed by atoms with E-state index in [1.807, 2.05) is 0 Å². The minimum Gasteiger partial charge on any atom is -0.479 e. The van der Waals surface area contributed by atoms with Crippen molar-refractivity contribution in [3.63, 3.8) is 0 Å². The highest BCUT2D eigenvalue weighted by Crippen LogP contribution is 2.33. The Bertz CT molecular complexity index is 631. The quantitative estimate of drug-likeness (QED) is 0.657. The second-order valence-corrected chi connectivity index (χ2v) is 4.53. The first-order chi connectivity index (χ1) is 9.63. The van der Waals surface area contributed by atoms with Gasteiger partial charge in [0.1, 0.15) is 12.3 Å². The van der Waals surface area contributed by atoms with Crippen LogP contribution in [-0.2, 0) is 4.74 Å². The summed E-state index contributed by atoms with van der Waals surface area (Å²) in [4.78, 5) is 12.2. The normalized spacial score (nSPS) is 26.2. The molecule has 2 aromatic heterocycles. The van der Waals surface area contributed by atoms with Gasteiger partial charge in [0, 0.05) is 6.42 Å². The predicted molar refractivity (Wildman–Crippen MR) is 67.9 cm³/mol. The molecule has 20 heavy (non-hydrogen) atoms. The van der Waals surface area contributed by atoms with E-state index in [1.165, 1.54) is 13.4 Å². The van der Waals surface area contributed by atoms with Gasteiger partial charge >= 0.3 is 0 Å². The SMILES string of the molecule is COc1nc(N)nc2ncn([C@H]3C[C@H](O)[C@@H](CO)O3)c12. The summed E-state index contributed by atoms with van der Waals surface area (Å²) < 4.78 is 12.4. The zero-order chi connectivity index (χ0) is 14.3. The molecule has 0 saturated carbocycles. The topological polar surface area (TPSA) is 129 Å². The molecule has 3 atom stereocenters. The van der Waals surface area contributed by atoms with E-state index in [0.717, 1.165) is 0 Å². The summed E-state index contributed by atoms with van der Waals surface area (Å²) in [5.74, 6) is 0.357. The third-order valence-corrected chi connectivity index (χ3v) is 3.30. The average Bonchev–Trinajstić information content (AvgIpc) is 3.00. The third-order valence-electron chi connectivity index (χ3n) is 3.30. The van der Waals surface area contributed by atoms with Crippen molar-refractivity contribution in [3.8, 4) is 5.88 Å². The lowest BCUT2D eigenvalue weighted by atomic mass is 10.2. The van der Waals surface area contributed by atoms with Gasteiger partial charge in [-0.2, -0.15) is 9.97 Å². The average molecular weight is 281 g/mol. The Balaban J connectivity index is 2.05. The molecule has 4 N–H and O–H groups in total. The minimum atomic E-state index is -0.733. The maximum Gasteiger partial charge on any atom is 0.245 e. The number of ether oxygens (including phenoxy) is 2. The smallest absolute Gasteiger partial charge is 0.245 e. The molecule has 0 bridgehead atoms. The Labute approximate surface area is 114 Å². The highest BCUT2D eigenvalue weighted by atomic mass is 16.5. The molecule has 3 heterocycles. The van der Waals surface area contributed by atoms with Gasteiger partial charge in [-0.3, -0.25) is 4.57 Å². The molecular formula is C11H15N5O4.